The summed E-state index contributed by atoms with van der Waals surface area (Å²) < 4.78 is 5.14. The van der Waals surface area contributed by atoms with Crippen molar-refractivity contribution in [1.29, 1.82) is 0 Å². The van der Waals surface area contributed by atoms with E-state index in [1.165, 1.54) is 11.1 Å². The van der Waals surface area contributed by atoms with Crippen molar-refractivity contribution in [3.8, 4) is 5.75 Å². The van der Waals surface area contributed by atoms with Gasteiger partial charge in [0.25, 0.3) is 0 Å². The molecule has 2 N–H and O–H groups in total. The van der Waals surface area contributed by atoms with Gasteiger partial charge in [-0.1, -0.05) is 23.8 Å². The fourth-order valence-electron chi connectivity index (χ4n) is 2.10. The summed E-state index contributed by atoms with van der Waals surface area (Å²) in [6.45, 7) is 5.35. The van der Waals surface area contributed by atoms with E-state index in [2.05, 4.69) is 25.1 Å². The highest BCUT2D eigenvalue weighted by Crippen LogP contribution is 2.17. The number of aryl methyl sites for hydroxylation is 1. The first kappa shape index (κ1) is 17.7. The van der Waals surface area contributed by atoms with Gasteiger partial charge >= 0.3 is 0 Å². The Labute approximate surface area is 128 Å². The summed E-state index contributed by atoms with van der Waals surface area (Å²) in [4.78, 5) is 0. The Morgan fingerprint density at radius 3 is 2.43 bits per heavy atom. The number of aliphatic hydroxyl groups is 2. The van der Waals surface area contributed by atoms with Gasteiger partial charge in [-0.15, -0.1) is 0 Å². The third-order valence-electron chi connectivity index (χ3n) is 3.71. The number of allylic oxidation sites excluding steroid dienone is 2. The maximum absolute atomic E-state index is 9.80. The van der Waals surface area contributed by atoms with Gasteiger partial charge in [0, 0.05) is 0 Å². The molecule has 0 radical (unpaired) electrons. The Kier molecular flexibility index (Phi) is 6.93. The minimum atomic E-state index is -1.02. The molecule has 0 aromatic heterocycles. The zero-order valence-electron chi connectivity index (χ0n) is 13.6. The van der Waals surface area contributed by atoms with E-state index in [1.807, 2.05) is 12.1 Å². The third-order valence-corrected chi connectivity index (χ3v) is 3.71. The topological polar surface area (TPSA) is 49.7 Å². The van der Waals surface area contributed by atoms with E-state index in [-0.39, 0.29) is 0 Å². The number of ether oxygens (including phenoxy) is 1. The summed E-state index contributed by atoms with van der Waals surface area (Å²) >= 11 is 0. The summed E-state index contributed by atoms with van der Waals surface area (Å²) in [7, 11) is 1.67. The molecule has 0 saturated heterocycles. The lowest BCUT2D eigenvalue weighted by atomic mass is 9.95. The first-order valence-electron chi connectivity index (χ1n) is 7.52. The molecule has 0 amide bonds. The van der Waals surface area contributed by atoms with E-state index in [9.17, 15) is 10.2 Å². The molecule has 0 aliphatic heterocycles. The van der Waals surface area contributed by atoms with Crippen LogP contribution < -0.4 is 4.74 Å². The van der Waals surface area contributed by atoms with Crippen LogP contribution in [0.1, 0.15) is 45.6 Å². The highest BCUT2D eigenvalue weighted by Gasteiger charge is 2.23. The van der Waals surface area contributed by atoms with Crippen LogP contribution in [0.3, 0.4) is 0 Å². The van der Waals surface area contributed by atoms with E-state index in [0.717, 1.165) is 25.0 Å². The minimum Gasteiger partial charge on any atom is -0.497 e. The van der Waals surface area contributed by atoms with Crippen LogP contribution in [0.2, 0.25) is 0 Å². The summed E-state index contributed by atoms with van der Waals surface area (Å²) in [5.74, 6) is 0.881. The van der Waals surface area contributed by atoms with E-state index < -0.39 is 11.7 Å². The highest BCUT2D eigenvalue weighted by molar-refractivity contribution is 5.27. The largest absolute Gasteiger partial charge is 0.497 e. The molecule has 0 spiro atoms. The molecule has 21 heavy (non-hydrogen) atoms. The van der Waals surface area contributed by atoms with E-state index >= 15 is 0 Å². The zero-order chi connectivity index (χ0) is 15.9. The molecule has 0 heterocycles. The Morgan fingerprint density at radius 2 is 1.90 bits per heavy atom. The molecule has 0 bridgehead atoms. The molecule has 0 fully saturated rings. The lowest BCUT2D eigenvalue weighted by Gasteiger charge is -2.24. The standard InChI is InChI=1S/C18H28O3/c1-14(8-13-17(19)18(2,3)20)6-5-7-15-9-11-16(21-4)12-10-15/h6,9-12,17,19-20H,5,7-8,13H2,1-4H3/b14-6+. The Balaban J connectivity index is 2.35. The van der Waals surface area contributed by atoms with E-state index in [1.54, 1.807) is 21.0 Å². The SMILES string of the molecule is COc1ccc(CC/C=C(\C)CCC(O)C(C)(C)O)cc1. The predicted octanol–water partition coefficient (Wildman–Crippen LogP) is 3.49. The van der Waals surface area contributed by atoms with E-state index in [0.29, 0.717) is 6.42 Å². The van der Waals surface area contributed by atoms with Gasteiger partial charge in [0.2, 0.25) is 0 Å². The maximum Gasteiger partial charge on any atom is 0.118 e. The molecule has 1 unspecified atom stereocenters. The molecule has 118 valence electrons. The minimum absolute atomic E-state index is 0.592. The normalized spacial score (nSPS) is 14.1. The second-order valence-electron chi connectivity index (χ2n) is 6.15. The van der Waals surface area contributed by atoms with Crippen LogP contribution in [0.25, 0.3) is 0 Å². The van der Waals surface area contributed by atoms with Crippen LogP contribution in [-0.2, 0) is 6.42 Å². The second kappa shape index (κ2) is 8.20. The number of rotatable bonds is 8. The van der Waals surface area contributed by atoms with Crippen LogP contribution in [-0.4, -0.2) is 29.0 Å². The number of hydrogen-bond donors (Lipinski definition) is 2. The monoisotopic (exact) mass is 292 g/mol. The quantitative estimate of drug-likeness (QED) is 0.721. The molecule has 1 rings (SSSR count). The number of benzene rings is 1. The molecular formula is C18H28O3. The van der Waals surface area contributed by atoms with Crippen LogP contribution in [0.5, 0.6) is 5.75 Å². The van der Waals surface area contributed by atoms with Crippen molar-refractivity contribution in [3.05, 3.63) is 41.5 Å². The van der Waals surface area contributed by atoms with Crippen LogP contribution in [0.15, 0.2) is 35.9 Å². The van der Waals surface area contributed by atoms with Crippen molar-refractivity contribution in [2.24, 2.45) is 0 Å². The fraction of sp³-hybridized carbons (Fsp3) is 0.556. The molecule has 3 heteroatoms. The molecule has 1 atom stereocenters. The Morgan fingerprint density at radius 1 is 1.29 bits per heavy atom. The first-order valence-corrected chi connectivity index (χ1v) is 7.52. The molecule has 0 aliphatic rings. The van der Waals surface area contributed by atoms with Crippen LogP contribution in [0, 0.1) is 0 Å². The lowest BCUT2D eigenvalue weighted by molar-refractivity contribution is -0.0509. The zero-order valence-corrected chi connectivity index (χ0v) is 13.6. The lowest BCUT2D eigenvalue weighted by Crippen LogP contribution is -2.35. The molecule has 1 aromatic rings. The average Bonchev–Trinajstić information content (AvgIpc) is 2.44. The van der Waals surface area contributed by atoms with Gasteiger partial charge in [0.05, 0.1) is 18.8 Å². The van der Waals surface area contributed by atoms with Gasteiger partial charge in [-0.2, -0.15) is 0 Å². The predicted molar refractivity (Wildman–Crippen MR) is 86.6 cm³/mol. The van der Waals surface area contributed by atoms with Crippen molar-refractivity contribution in [2.45, 2.75) is 58.2 Å². The van der Waals surface area contributed by atoms with Crippen LogP contribution in [0.4, 0.5) is 0 Å². The first-order chi connectivity index (χ1) is 9.82. The van der Waals surface area contributed by atoms with Gasteiger partial charge in [-0.25, -0.2) is 0 Å². The molecule has 0 aliphatic carbocycles. The Hall–Kier alpha value is -1.32. The number of aliphatic hydroxyl groups excluding tert-OH is 1. The van der Waals surface area contributed by atoms with Gasteiger partial charge in [0.1, 0.15) is 5.75 Å². The summed E-state index contributed by atoms with van der Waals surface area (Å²) in [6.07, 6.45) is 4.91. The van der Waals surface area contributed by atoms with Gasteiger partial charge in [-0.3, -0.25) is 0 Å². The molecule has 1 aromatic carbocycles. The summed E-state index contributed by atoms with van der Waals surface area (Å²) in [6, 6.07) is 8.12. The second-order valence-corrected chi connectivity index (χ2v) is 6.15. The third kappa shape index (κ3) is 6.78. The van der Waals surface area contributed by atoms with Gasteiger partial charge in [0.15, 0.2) is 0 Å². The maximum atomic E-state index is 9.80. The summed E-state index contributed by atoms with van der Waals surface area (Å²) in [5, 5.41) is 19.5. The van der Waals surface area contributed by atoms with Crippen molar-refractivity contribution in [1.82, 2.24) is 0 Å². The molecular weight excluding hydrogens is 264 g/mol. The average molecular weight is 292 g/mol. The number of hydrogen-bond acceptors (Lipinski definition) is 3. The molecule has 3 nitrogen and oxygen atoms in total. The number of methoxy groups -OCH3 is 1. The van der Waals surface area contributed by atoms with Crippen molar-refractivity contribution in [3.63, 3.8) is 0 Å². The summed E-state index contributed by atoms with van der Waals surface area (Å²) in [5.41, 5.74) is 1.52. The van der Waals surface area contributed by atoms with Crippen molar-refractivity contribution < 1.29 is 14.9 Å². The van der Waals surface area contributed by atoms with E-state index in [4.69, 9.17) is 4.74 Å². The van der Waals surface area contributed by atoms with Gasteiger partial charge in [-0.05, 0) is 64.2 Å². The van der Waals surface area contributed by atoms with Gasteiger partial charge < -0.3 is 14.9 Å². The van der Waals surface area contributed by atoms with Crippen molar-refractivity contribution >= 4 is 0 Å². The Bertz CT molecular complexity index is 441. The fourth-order valence-corrected chi connectivity index (χ4v) is 2.10. The van der Waals surface area contributed by atoms with Crippen LogP contribution >= 0.6 is 0 Å². The smallest absolute Gasteiger partial charge is 0.118 e. The molecule has 0 saturated carbocycles. The highest BCUT2D eigenvalue weighted by atomic mass is 16.5. The van der Waals surface area contributed by atoms with Crippen molar-refractivity contribution in [2.75, 3.05) is 7.11 Å².